The minimum Gasteiger partial charge on any atom is -0.303 e. The third-order valence-electron chi connectivity index (χ3n) is 1.83. The van der Waals surface area contributed by atoms with Gasteiger partial charge in [-0.1, -0.05) is 19.9 Å². The first-order valence-corrected chi connectivity index (χ1v) is 4.54. The van der Waals surface area contributed by atoms with E-state index in [4.69, 9.17) is 0 Å². The van der Waals surface area contributed by atoms with Crippen molar-refractivity contribution in [3.63, 3.8) is 0 Å². The number of amides is 1. The van der Waals surface area contributed by atoms with Gasteiger partial charge in [-0.05, 0) is 12.2 Å². The zero-order chi connectivity index (χ0) is 12.4. The van der Waals surface area contributed by atoms with Crippen LogP contribution in [-0.4, -0.2) is 18.3 Å². The lowest BCUT2D eigenvalue weighted by Gasteiger charge is -2.15. The number of nitrogens with zero attached hydrogens (tertiary/aromatic N) is 1. The van der Waals surface area contributed by atoms with Crippen molar-refractivity contribution in [2.24, 2.45) is 10.4 Å². The van der Waals surface area contributed by atoms with Crippen molar-refractivity contribution < 1.29 is 18.0 Å². The van der Waals surface area contributed by atoms with Crippen LogP contribution in [0, 0.1) is 5.41 Å². The van der Waals surface area contributed by atoms with Gasteiger partial charge in [0.25, 0.3) is 0 Å². The molecule has 0 saturated carbocycles. The number of halogens is 3. The first-order chi connectivity index (χ1) is 7.21. The van der Waals surface area contributed by atoms with E-state index in [2.05, 4.69) is 4.99 Å². The lowest BCUT2D eigenvalue weighted by molar-refractivity contribution is -0.172. The molecular formula is C10H11F3N2O. The Morgan fingerprint density at radius 2 is 2.06 bits per heavy atom. The molecule has 0 atom stereocenters. The summed E-state index contributed by atoms with van der Waals surface area (Å²) in [6, 6.07) is 0. The second-order valence-electron chi connectivity index (χ2n) is 3.94. The average Bonchev–Trinajstić information content (AvgIpc) is 2.24. The van der Waals surface area contributed by atoms with Crippen molar-refractivity contribution in [3.05, 3.63) is 24.0 Å². The molecule has 1 rings (SSSR count). The highest BCUT2D eigenvalue weighted by molar-refractivity contribution is 5.84. The zero-order valence-corrected chi connectivity index (χ0v) is 8.80. The van der Waals surface area contributed by atoms with Crippen LogP contribution >= 0.6 is 0 Å². The fraction of sp³-hybridized carbons (Fsp3) is 0.400. The number of hydrogen-bond donors (Lipinski definition) is 1. The second-order valence-corrected chi connectivity index (χ2v) is 3.94. The second kappa shape index (κ2) is 4.11. The number of nitrogens with one attached hydrogen (secondary N) is 1. The molecule has 0 spiro atoms. The molecule has 0 radical (unpaired) electrons. The Morgan fingerprint density at radius 3 is 2.62 bits per heavy atom. The van der Waals surface area contributed by atoms with E-state index in [1.54, 1.807) is 31.3 Å². The van der Waals surface area contributed by atoms with Gasteiger partial charge in [-0.2, -0.15) is 13.2 Å². The first kappa shape index (κ1) is 12.5. The normalized spacial score (nSPS) is 18.9. The number of carbonyl (C=O) groups is 1. The third kappa shape index (κ3) is 3.52. The van der Waals surface area contributed by atoms with Crippen LogP contribution in [0.1, 0.15) is 13.8 Å². The minimum atomic E-state index is -4.90. The topological polar surface area (TPSA) is 41.5 Å². The predicted octanol–water partition coefficient (Wildman–Crippen LogP) is 2.17. The molecule has 1 amide bonds. The summed E-state index contributed by atoms with van der Waals surface area (Å²) < 4.78 is 36.0. The average molecular weight is 232 g/mol. The van der Waals surface area contributed by atoms with Crippen LogP contribution < -0.4 is 5.32 Å². The fourth-order valence-electron chi connectivity index (χ4n) is 1.11. The standard InChI is InChI=1S/C10H11F3N2O/c1-9(2)4-3-5-14-7(6-9)15-8(16)10(11,12)13/h3-6H,1-2H3,(H,15,16). The molecule has 0 aliphatic carbocycles. The quantitative estimate of drug-likeness (QED) is 0.739. The monoisotopic (exact) mass is 232 g/mol. The Balaban J connectivity index is 2.83. The van der Waals surface area contributed by atoms with Crippen molar-refractivity contribution in [1.29, 1.82) is 0 Å². The molecule has 1 aliphatic rings. The minimum absolute atomic E-state index is 0.0997. The summed E-state index contributed by atoms with van der Waals surface area (Å²) in [4.78, 5) is 14.4. The maximum Gasteiger partial charge on any atom is 0.471 e. The lowest BCUT2D eigenvalue weighted by atomic mass is 9.93. The molecular weight excluding hydrogens is 221 g/mol. The van der Waals surface area contributed by atoms with Crippen molar-refractivity contribution in [3.8, 4) is 0 Å². The molecule has 0 saturated heterocycles. The Morgan fingerprint density at radius 1 is 1.44 bits per heavy atom. The highest BCUT2D eigenvalue weighted by Gasteiger charge is 2.39. The molecule has 0 aromatic rings. The first-order valence-electron chi connectivity index (χ1n) is 4.54. The number of rotatable bonds is 1. The molecule has 0 bridgehead atoms. The lowest BCUT2D eigenvalue weighted by Crippen LogP contribution is -2.36. The van der Waals surface area contributed by atoms with Gasteiger partial charge in [-0.15, -0.1) is 0 Å². The summed E-state index contributed by atoms with van der Waals surface area (Å²) in [5, 5.41) is 1.71. The van der Waals surface area contributed by atoms with Crippen molar-refractivity contribution in [1.82, 2.24) is 5.32 Å². The van der Waals surface area contributed by atoms with E-state index in [1.807, 2.05) is 0 Å². The van der Waals surface area contributed by atoms with Crippen molar-refractivity contribution >= 4 is 12.1 Å². The molecule has 6 heteroatoms. The Bertz CT molecular complexity index is 378. The summed E-state index contributed by atoms with van der Waals surface area (Å²) in [6.07, 6.45) is 1.26. The van der Waals surface area contributed by atoms with E-state index in [-0.39, 0.29) is 5.82 Å². The number of allylic oxidation sites excluding steroid dienone is 3. The molecule has 3 nitrogen and oxygen atoms in total. The highest BCUT2D eigenvalue weighted by Crippen LogP contribution is 2.23. The van der Waals surface area contributed by atoms with Gasteiger partial charge >= 0.3 is 12.1 Å². The molecule has 0 aromatic heterocycles. The van der Waals surface area contributed by atoms with E-state index in [0.717, 1.165) is 0 Å². The molecule has 1 N–H and O–H groups in total. The number of alkyl halides is 3. The molecule has 0 fully saturated rings. The van der Waals surface area contributed by atoms with Crippen LogP contribution in [0.2, 0.25) is 0 Å². The van der Waals surface area contributed by atoms with E-state index in [1.165, 1.54) is 12.3 Å². The molecule has 16 heavy (non-hydrogen) atoms. The SMILES string of the molecule is CC1(C)C=CC=NC(NC(=O)C(F)(F)F)=C1. The van der Waals surface area contributed by atoms with Crippen LogP contribution in [0.3, 0.4) is 0 Å². The summed E-state index contributed by atoms with van der Waals surface area (Å²) >= 11 is 0. The Labute approximate surface area is 90.7 Å². The van der Waals surface area contributed by atoms with Gasteiger partial charge in [0.15, 0.2) is 0 Å². The zero-order valence-electron chi connectivity index (χ0n) is 8.80. The van der Waals surface area contributed by atoms with Crippen LogP contribution in [0.25, 0.3) is 0 Å². The van der Waals surface area contributed by atoms with Crippen LogP contribution in [0.4, 0.5) is 13.2 Å². The van der Waals surface area contributed by atoms with Gasteiger partial charge in [0.1, 0.15) is 5.82 Å². The van der Waals surface area contributed by atoms with Crippen LogP contribution in [0.15, 0.2) is 29.0 Å². The Kier molecular flexibility index (Phi) is 3.21. The number of hydrogen-bond acceptors (Lipinski definition) is 2. The molecule has 88 valence electrons. The molecule has 1 heterocycles. The number of aliphatic imine (C=N–C) groups is 1. The maximum absolute atomic E-state index is 12.0. The number of carbonyl (C=O) groups excluding carboxylic acids is 1. The van der Waals surface area contributed by atoms with Crippen LogP contribution in [-0.2, 0) is 4.79 Å². The largest absolute Gasteiger partial charge is 0.471 e. The summed E-state index contributed by atoms with van der Waals surface area (Å²) in [5.74, 6) is -2.12. The molecule has 0 unspecified atom stereocenters. The van der Waals surface area contributed by atoms with Crippen molar-refractivity contribution in [2.45, 2.75) is 20.0 Å². The van der Waals surface area contributed by atoms with Gasteiger partial charge in [0.2, 0.25) is 0 Å². The predicted molar refractivity (Wildman–Crippen MR) is 53.7 cm³/mol. The summed E-state index contributed by atoms with van der Waals surface area (Å²) in [6.45, 7) is 3.58. The van der Waals surface area contributed by atoms with Gasteiger partial charge < -0.3 is 5.32 Å². The highest BCUT2D eigenvalue weighted by atomic mass is 19.4. The van der Waals surface area contributed by atoms with E-state index < -0.39 is 17.5 Å². The smallest absolute Gasteiger partial charge is 0.303 e. The van der Waals surface area contributed by atoms with Gasteiger partial charge in [0, 0.05) is 11.6 Å². The Hall–Kier alpha value is -1.59. The van der Waals surface area contributed by atoms with E-state index >= 15 is 0 Å². The van der Waals surface area contributed by atoms with Crippen LogP contribution in [0.5, 0.6) is 0 Å². The van der Waals surface area contributed by atoms with Gasteiger partial charge in [0.05, 0.1) is 0 Å². The fourth-order valence-corrected chi connectivity index (χ4v) is 1.11. The molecule has 1 aliphatic heterocycles. The van der Waals surface area contributed by atoms with Gasteiger partial charge in [-0.3, -0.25) is 4.79 Å². The maximum atomic E-state index is 12.0. The van der Waals surface area contributed by atoms with Crippen molar-refractivity contribution in [2.75, 3.05) is 0 Å². The van der Waals surface area contributed by atoms with E-state index in [9.17, 15) is 18.0 Å². The van der Waals surface area contributed by atoms with E-state index in [0.29, 0.717) is 0 Å². The van der Waals surface area contributed by atoms with Gasteiger partial charge in [-0.25, -0.2) is 4.99 Å². The third-order valence-corrected chi connectivity index (χ3v) is 1.83. The molecule has 0 aromatic carbocycles. The summed E-state index contributed by atoms with van der Waals surface area (Å²) in [7, 11) is 0. The summed E-state index contributed by atoms with van der Waals surface area (Å²) in [5.41, 5.74) is -0.454.